The molecule has 1 aliphatic heterocycles. The highest BCUT2D eigenvalue weighted by Gasteiger charge is 2.21. The third-order valence-corrected chi connectivity index (χ3v) is 4.98. The van der Waals surface area contributed by atoms with E-state index in [1.165, 1.54) is 7.11 Å². The van der Waals surface area contributed by atoms with Crippen molar-refractivity contribution >= 4 is 23.5 Å². The Morgan fingerprint density at radius 1 is 1.03 bits per heavy atom. The molecule has 154 valence electrons. The van der Waals surface area contributed by atoms with Gasteiger partial charge in [-0.1, -0.05) is 6.07 Å². The molecule has 1 fully saturated rings. The van der Waals surface area contributed by atoms with Gasteiger partial charge >= 0.3 is 12.1 Å². The second-order valence-electron chi connectivity index (χ2n) is 7.14. The lowest BCUT2D eigenvalue weighted by Gasteiger charge is -2.34. The molecule has 3 amide bonds. The van der Waals surface area contributed by atoms with Crippen LogP contribution in [0, 0.1) is 13.8 Å². The molecule has 0 radical (unpaired) electrons. The molecule has 0 atom stereocenters. The topological polar surface area (TPSA) is 86.8 Å². The zero-order chi connectivity index (χ0) is 20.8. The van der Waals surface area contributed by atoms with Gasteiger partial charge in [0, 0.05) is 44.1 Å². The molecule has 0 aliphatic carbocycles. The number of ether oxygens (including phenoxy) is 1. The summed E-state index contributed by atoms with van der Waals surface area (Å²) >= 11 is 0. The van der Waals surface area contributed by atoms with E-state index in [0.717, 1.165) is 42.1 Å². The maximum Gasteiger partial charge on any atom is 0.409 e. The van der Waals surface area contributed by atoms with Gasteiger partial charge in [0.2, 0.25) is 0 Å². The highest BCUT2D eigenvalue weighted by Crippen LogP contribution is 2.19. The molecule has 1 saturated heterocycles. The molecular formula is C21H27N5O3. The van der Waals surface area contributed by atoms with Gasteiger partial charge in [-0.15, -0.1) is 0 Å². The lowest BCUT2D eigenvalue weighted by molar-refractivity contribution is 0.0888. The Labute approximate surface area is 170 Å². The molecule has 0 saturated carbocycles. The van der Waals surface area contributed by atoms with Crippen LogP contribution >= 0.6 is 0 Å². The molecule has 2 aromatic rings. The zero-order valence-corrected chi connectivity index (χ0v) is 17.1. The number of carbonyl (C=O) groups is 2. The van der Waals surface area contributed by atoms with Crippen LogP contribution in [0.4, 0.5) is 21.0 Å². The van der Waals surface area contributed by atoms with E-state index in [9.17, 15) is 9.59 Å². The van der Waals surface area contributed by atoms with Crippen molar-refractivity contribution in [3.8, 4) is 0 Å². The van der Waals surface area contributed by atoms with Gasteiger partial charge in [0.05, 0.1) is 19.0 Å². The van der Waals surface area contributed by atoms with E-state index in [1.807, 2.05) is 37.3 Å². The van der Waals surface area contributed by atoms with Crippen molar-refractivity contribution in [3.63, 3.8) is 0 Å². The van der Waals surface area contributed by atoms with E-state index < -0.39 is 0 Å². The molecule has 1 aliphatic rings. The minimum atomic E-state index is -0.308. The third-order valence-electron chi connectivity index (χ3n) is 4.98. The van der Waals surface area contributed by atoms with E-state index >= 15 is 0 Å². The number of carbonyl (C=O) groups excluding carboxylic acids is 2. The largest absolute Gasteiger partial charge is 0.453 e. The summed E-state index contributed by atoms with van der Waals surface area (Å²) in [7, 11) is 1.40. The van der Waals surface area contributed by atoms with Crippen LogP contribution in [-0.2, 0) is 11.3 Å². The number of urea groups is 1. The van der Waals surface area contributed by atoms with Crippen molar-refractivity contribution in [2.75, 3.05) is 43.9 Å². The van der Waals surface area contributed by atoms with Gasteiger partial charge in [-0.25, -0.2) is 9.59 Å². The van der Waals surface area contributed by atoms with Crippen molar-refractivity contribution in [2.45, 2.75) is 20.4 Å². The summed E-state index contributed by atoms with van der Waals surface area (Å²) in [5.74, 6) is 0. The molecule has 8 nitrogen and oxygen atoms in total. The van der Waals surface area contributed by atoms with Crippen molar-refractivity contribution in [2.24, 2.45) is 0 Å². The molecule has 0 bridgehead atoms. The number of amides is 3. The summed E-state index contributed by atoms with van der Waals surface area (Å²) < 4.78 is 4.78. The lowest BCUT2D eigenvalue weighted by Crippen LogP contribution is -2.48. The summed E-state index contributed by atoms with van der Waals surface area (Å²) in [5.41, 5.74) is 4.58. The van der Waals surface area contributed by atoms with Crippen LogP contribution in [0.25, 0.3) is 0 Å². The summed E-state index contributed by atoms with van der Waals surface area (Å²) in [6, 6.07) is 9.24. The van der Waals surface area contributed by atoms with Crippen LogP contribution in [0.5, 0.6) is 0 Å². The standard InChI is InChI=1S/C21H27N5O3/c1-15-4-6-18(23-20(27)24-19-7-5-16(2)22-13-19)12-17(15)14-25-8-10-26(11-9-25)21(28)29-3/h4-7,12-13H,8-11,14H2,1-3H3,(H2,23,24,27). The van der Waals surface area contributed by atoms with Gasteiger partial charge in [-0.2, -0.15) is 0 Å². The molecule has 0 spiro atoms. The average molecular weight is 397 g/mol. The summed E-state index contributed by atoms with van der Waals surface area (Å²) in [6.07, 6.45) is 1.35. The molecule has 1 aromatic heterocycles. The minimum absolute atomic E-state index is 0.276. The van der Waals surface area contributed by atoms with E-state index in [0.29, 0.717) is 18.8 Å². The number of hydrogen-bond acceptors (Lipinski definition) is 5. The summed E-state index contributed by atoms with van der Waals surface area (Å²) in [5, 5.41) is 5.66. The lowest BCUT2D eigenvalue weighted by atomic mass is 10.1. The number of aromatic nitrogens is 1. The number of anilines is 2. The number of aryl methyl sites for hydroxylation is 2. The molecule has 3 rings (SSSR count). The predicted octanol–water partition coefficient (Wildman–Crippen LogP) is 3.23. The quantitative estimate of drug-likeness (QED) is 0.827. The van der Waals surface area contributed by atoms with E-state index in [2.05, 4.69) is 27.4 Å². The van der Waals surface area contributed by atoms with Gasteiger partial charge in [0.15, 0.2) is 0 Å². The number of methoxy groups -OCH3 is 1. The summed E-state index contributed by atoms with van der Waals surface area (Å²) in [6.45, 7) is 7.59. The Morgan fingerprint density at radius 3 is 2.38 bits per heavy atom. The summed E-state index contributed by atoms with van der Waals surface area (Å²) in [4.78, 5) is 32.1. The average Bonchev–Trinajstić information content (AvgIpc) is 2.72. The van der Waals surface area contributed by atoms with Crippen LogP contribution < -0.4 is 10.6 Å². The van der Waals surface area contributed by atoms with Crippen LogP contribution in [0.15, 0.2) is 36.5 Å². The van der Waals surface area contributed by atoms with Crippen molar-refractivity contribution in [1.29, 1.82) is 0 Å². The van der Waals surface area contributed by atoms with Gasteiger partial charge < -0.3 is 20.3 Å². The van der Waals surface area contributed by atoms with Crippen LogP contribution in [0.1, 0.15) is 16.8 Å². The molecule has 0 unspecified atom stereocenters. The first-order valence-electron chi connectivity index (χ1n) is 9.60. The SMILES string of the molecule is COC(=O)N1CCN(Cc2cc(NC(=O)Nc3ccc(C)nc3)ccc2C)CC1. The number of nitrogens with one attached hydrogen (secondary N) is 2. The second-order valence-corrected chi connectivity index (χ2v) is 7.14. The number of nitrogens with zero attached hydrogens (tertiary/aromatic N) is 3. The third kappa shape index (κ3) is 5.68. The maximum atomic E-state index is 12.3. The Morgan fingerprint density at radius 2 is 1.72 bits per heavy atom. The Balaban J connectivity index is 1.57. The van der Waals surface area contributed by atoms with Crippen LogP contribution in [-0.4, -0.2) is 60.2 Å². The Hall–Kier alpha value is -3.13. The first-order valence-corrected chi connectivity index (χ1v) is 9.60. The minimum Gasteiger partial charge on any atom is -0.453 e. The smallest absolute Gasteiger partial charge is 0.409 e. The molecule has 29 heavy (non-hydrogen) atoms. The predicted molar refractivity (Wildman–Crippen MR) is 112 cm³/mol. The molecule has 1 aromatic carbocycles. The Kier molecular flexibility index (Phi) is 6.66. The molecule has 2 N–H and O–H groups in total. The fourth-order valence-corrected chi connectivity index (χ4v) is 3.21. The van der Waals surface area contributed by atoms with E-state index in [4.69, 9.17) is 4.74 Å². The maximum absolute atomic E-state index is 12.3. The van der Waals surface area contributed by atoms with Crippen LogP contribution in [0.2, 0.25) is 0 Å². The number of benzene rings is 1. The van der Waals surface area contributed by atoms with E-state index in [-0.39, 0.29) is 12.1 Å². The molecule has 8 heteroatoms. The van der Waals surface area contributed by atoms with Gasteiger partial charge in [-0.3, -0.25) is 9.88 Å². The van der Waals surface area contributed by atoms with Crippen molar-refractivity contribution in [3.05, 3.63) is 53.3 Å². The first-order chi connectivity index (χ1) is 13.9. The van der Waals surface area contributed by atoms with Crippen molar-refractivity contribution < 1.29 is 14.3 Å². The number of hydrogen-bond donors (Lipinski definition) is 2. The normalized spacial score (nSPS) is 14.4. The number of piperazine rings is 1. The van der Waals surface area contributed by atoms with Gasteiger partial charge in [0.1, 0.15) is 0 Å². The van der Waals surface area contributed by atoms with Gasteiger partial charge in [-0.05, 0) is 49.2 Å². The van der Waals surface area contributed by atoms with Gasteiger partial charge in [0.25, 0.3) is 0 Å². The fourth-order valence-electron chi connectivity index (χ4n) is 3.21. The fraction of sp³-hybridized carbons (Fsp3) is 0.381. The first kappa shape index (κ1) is 20.6. The number of rotatable bonds is 4. The highest BCUT2D eigenvalue weighted by molar-refractivity contribution is 5.99. The van der Waals surface area contributed by atoms with Crippen molar-refractivity contribution in [1.82, 2.24) is 14.8 Å². The Bertz CT molecular complexity index is 861. The second kappa shape index (κ2) is 9.38. The number of pyridine rings is 1. The molecular weight excluding hydrogens is 370 g/mol. The zero-order valence-electron chi connectivity index (χ0n) is 17.1. The highest BCUT2D eigenvalue weighted by atomic mass is 16.5. The van der Waals surface area contributed by atoms with Crippen LogP contribution in [0.3, 0.4) is 0 Å². The molecule has 2 heterocycles. The van der Waals surface area contributed by atoms with E-state index in [1.54, 1.807) is 11.1 Å². The monoisotopic (exact) mass is 397 g/mol.